The first-order valence-electron chi connectivity index (χ1n) is 7.24. The molecule has 1 amide bonds. The van der Waals surface area contributed by atoms with E-state index in [9.17, 15) is 22.0 Å². The fourth-order valence-corrected chi connectivity index (χ4v) is 3.27. The minimum absolute atomic E-state index is 0.0491. The van der Waals surface area contributed by atoms with Crippen LogP contribution in [0.2, 0.25) is 5.02 Å². The van der Waals surface area contributed by atoms with Crippen LogP contribution in [-0.4, -0.2) is 27.4 Å². The molecule has 25 heavy (non-hydrogen) atoms. The zero-order valence-electron chi connectivity index (χ0n) is 12.9. The lowest BCUT2D eigenvalue weighted by Gasteiger charge is -2.09. The summed E-state index contributed by atoms with van der Waals surface area (Å²) in [7, 11) is -3.86. The van der Waals surface area contributed by atoms with Crippen LogP contribution >= 0.6 is 11.6 Å². The number of amides is 1. The summed E-state index contributed by atoms with van der Waals surface area (Å²) in [4.78, 5) is 11.6. The van der Waals surface area contributed by atoms with Crippen LogP contribution in [0.5, 0.6) is 0 Å². The first kappa shape index (κ1) is 19.3. The Hall–Kier alpha value is -2.03. The zero-order chi connectivity index (χ0) is 18.4. The van der Waals surface area contributed by atoms with Crippen molar-refractivity contribution < 1.29 is 22.0 Å². The average Bonchev–Trinajstić information content (AvgIpc) is 2.56. The summed E-state index contributed by atoms with van der Waals surface area (Å²) in [6.07, 6.45) is 0.0562. The molecule has 0 aromatic heterocycles. The number of halogens is 3. The topological polar surface area (TPSA) is 75.3 Å². The summed E-state index contributed by atoms with van der Waals surface area (Å²) in [5, 5.41) is 2.25. The van der Waals surface area contributed by atoms with E-state index in [4.69, 9.17) is 11.6 Å². The maximum Gasteiger partial charge on any atom is 0.240 e. The number of carbonyl (C=O) groups is 1. The molecule has 0 heterocycles. The van der Waals surface area contributed by atoms with Gasteiger partial charge in [0.1, 0.15) is 11.6 Å². The number of rotatable bonds is 7. The second-order valence-electron chi connectivity index (χ2n) is 5.13. The summed E-state index contributed by atoms with van der Waals surface area (Å²) in [5.74, 6) is -1.43. The molecule has 9 heteroatoms. The smallest absolute Gasteiger partial charge is 0.240 e. The first-order chi connectivity index (χ1) is 11.8. The third-order valence-electron chi connectivity index (χ3n) is 3.22. The Balaban J connectivity index is 1.80. The quantitative estimate of drug-likeness (QED) is 0.714. The molecule has 2 aromatic carbocycles. The van der Waals surface area contributed by atoms with E-state index in [1.54, 1.807) is 0 Å². The van der Waals surface area contributed by atoms with Crippen LogP contribution in [0.3, 0.4) is 0 Å². The van der Waals surface area contributed by atoms with Crippen LogP contribution in [-0.2, 0) is 21.2 Å². The highest BCUT2D eigenvalue weighted by atomic mass is 35.5. The van der Waals surface area contributed by atoms with Crippen molar-refractivity contribution in [2.75, 3.05) is 13.1 Å². The zero-order valence-corrected chi connectivity index (χ0v) is 14.5. The van der Waals surface area contributed by atoms with Crippen LogP contribution in [0.25, 0.3) is 0 Å². The average molecular weight is 389 g/mol. The third kappa shape index (κ3) is 5.77. The van der Waals surface area contributed by atoms with Gasteiger partial charge >= 0.3 is 0 Å². The Bertz CT molecular complexity index is 858. The van der Waals surface area contributed by atoms with Crippen molar-refractivity contribution in [2.45, 2.75) is 11.3 Å². The number of sulfonamides is 1. The molecule has 0 aliphatic rings. The van der Waals surface area contributed by atoms with Crippen LogP contribution in [0.1, 0.15) is 5.56 Å². The number of nitrogens with one attached hydrogen (secondary N) is 2. The van der Waals surface area contributed by atoms with Gasteiger partial charge in [0, 0.05) is 13.1 Å². The predicted molar refractivity (Wildman–Crippen MR) is 89.7 cm³/mol. The number of benzene rings is 2. The lowest BCUT2D eigenvalue weighted by Crippen LogP contribution is -2.35. The Morgan fingerprint density at radius 2 is 1.72 bits per heavy atom. The number of hydrogen-bond acceptors (Lipinski definition) is 3. The van der Waals surface area contributed by atoms with Gasteiger partial charge in [0.25, 0.3) is 0 Å². The lowest BCUT2D eigenvalue weighted by atomic mass is 10.1. The van der Waals surface area contributed by atoms with Crippen LogP contribution in [0.4, 0.5) is 8.78 Å². The van der Waals surface area contributed by atoms with Crippen molar-refractivity contribution in [1.82, 2.24) is 10.0 Å². The highest BCUT2D eigenvalue weighted by molar-refractivity contribution is 7.89. The number of carbonyl (C=O) groups excluding carboxylic acids is 1. The molecule has 0 radical (unpaired) electrons. The molecule has 0 bridgehead atoms. The van der Waals surface area contributed by atoms with Crippen LogP contribution in [0.15, 0.2) is 47.4 Å². The molecule has 2 rings (SSSR count). The monoisotopic (exact) mass is 388 g/mol. The van der Waals surface area contributed by atoms with Crippen LogP contribution < -0.4 is 10.0 Å². The molecule has 0 aliphatic carbocycles. The molecule has 0 unspecified atom stereocenters. The van der Waals surface area contributed by atoms with E-state index in [-0.39, 0.29) is 41.2 Å². The minimum Gasteiger partial charge on any atom is -0.355 e. The highest BCUT2D eigenvalue weighted by Gasteiger charge is 2.15. The third-order valence-corrected chi connectivity index (χ3v) is 4.97. The van der Waals surface area contributed by atoms with Gasteiger partial charge in [-0.25, -0.2) is 21.9 Å². The standard InChI is InChI=1S/C16H15ClF2N2O3S/c17-14-10-13(5-6-15(14)19)25(23,24)21-8-7-20-16(22)9-11-1-3-12(18)4-2-11/h1-6,10,21H,7-9H2,(H,20,22). The summed E-state index contributed by atoms with van der Waals surface area (Å²) < 4.78 is 52.2. The molecule has 0 aliphatic heterocycles. The van der Waals surface area contributed by atoms with Crippen molar-refractivity contribution in [1.29, 1.82) is 0 Å². The van der Waals surface area contributed by atoms with Gasteiger partial charge in [-0.15, -0.1) is 0 Å². The predicted octanol–water partition coefficient (Wildman–Crippen LogP) is 2.26. The summed E-state index contributed by atoms with van der Waals surface area (Å²) in [5.41, 5.74) is 0.639. The van der Waals surface area contributed by atoms with Gasteiger partial charge in [0.2, 0.25) is 15.9 Å². The maximum absolute atomic E-state index is 13.1. The van der Waals surface area contributed by atoms with Crippen LogP contribution in [0, 0.1) is 11.6 Å². The van der Waals surface area contributed by atoms with E-state index < -0.39 is 15.8 Å². The van der Waals surface area contributed by atoms with E-state index in [1.165, 1.54) is 24.3 Å². The molecule has 5 nitrogen and oxygen atoms in total. The normalized spacial score (nSPS) is 11.3. The van der Waals surface area contributed by atoms with Crippen molar-refractivity contribution in [3.8, 4) is 0 Å². The molecule has 0 spiro atoms. The Morgan fingerprint density at radius 3 is 2.36 bits per heavy atom. The molecule has 0 saturated carbocycles. The van der Waals surface area contributed by atoms with E-state index in [0.717, 1.165) is 18.2 Å². The summed E-state index contributed by atoms with van der Waals surface area (Å²) in [6.45, 7) is 0.0146. The van der Waals surface area contributed by atoms with Gasteiger partial charge in [-0.2, -0.15) is 0 Å². The second-order valence-corrected chi connectivity index (χ2v) is 7.30. The van der Waals surface area contributed by atoms with E-state index in [0.29, 0.717) is 5.56 Å². The molecule has 0 saturated heterocycles. The summed E-state index contributed by atoms with van der Waals surface area (Å²) in [6, 6.07) is 8.56. The van der Waals surface area contributed by atoms with Gasteiger partial charge < -0.3 is 5.32 Å². The molecule has 2 aromatic rings. The van der Waals surface area contributed by atoms with Gasteiger partial charge in [-0.1, -0.05) is 23.7 Å². The SMILES string of the molecule is O=C(Cc1ccc(F)cc1)NCCNS(=O)(=O)c1ccc(F)c(Cl)c1. The molecule has 134 valence electrons. The Labute approximate surface area is 149 Å². The van der Waals surface area contributed by atoms with Crippen molar-refractivity contribution in [3.63, 3.8) is 0 Å². The lowest BCUT2D eigenvalue weighted by molar-refractivity contribution is -0.120. The Morgan fingerprint density at radius 1 is 1.04 bits per heavy atom. The van der Waals surface area contributed by atoms with Gasteiger partial charge in [0.05, 0.1) is 16.3 Å². The largest absolute Gasteiger partial charge is 0.355 e. The Kier molecular flexibility index (Phi) is 6.46. The second kappa shape index (κ2) is 8.37. The van der Waals surface area contributed by atoms with E-state index in [2.05, 4.69) is 10.0 Å². The number of hydrogen-bond donors (Lipinski definition) is 2. The van der Waals surface area contributed by atoms with Crippen molar-refractivity contribution in [2.24, 2.45) is 0 Å². The maximum atomic E-state index is 13.1. The fourth-order valence-electron chi connectivity index (χ4n) is 1.96. The van der Waals surface area contributed by atoms with Gasteiger partial charge in [-0.05, 0) is 35.9 Å². The molecule has 0 atom stereocenters. The van der Waals surface area contributed by atoms with E-state index in [1.807, 2.05) is 0 Å². The van der Waals surface area contributed by atoms with Crippen molar-refractivity contribution in [3.05, 3.63) is 64.7 Å². The molecular formula is C16H15ClF2N2O3S. The highest BCUT2D eigenvalue weighted by Crippen LogP contribution is 2.19. The first-order valence-corrected chi connectivity index (χ1v) is 9.10. The molecule has 0 fully saturated rings. The van der Waals surface area contributed by atoms with Gasteiger partial charge in [0.15, 0.2) is 0 Å². The molecule has 2 N–H and O–H groups in total. The van der Waals surface area contributed by atoms with Crippen molar-refractivity contribution >= 4 is 27.5 Å². The molecular weight excluding hydrogens is 374 g/mol. The summed E-state index contributed by atoms with van der Waals surface area (Å²) >= 11 is 5.56. The van der Waals surface area contributed by atoms with E-state index >= 15 is 0 Å². The fraction of sp³-hybridized carbons (Fsp3) is 0.188. The van der Waals surface area contributed by atoms with Gasteiger partial charge in [-0.3, -0.25) is 4.79 Å². The minimum atomic E-state index is -3.86.